The smallest absolute Gasteiger partial charge is 0.417 e. The molecule has 1 aromatic heterocycles. The van der Waals surface area contributed by atoms with Gasteiger partial charge in [0.2, 0.25) is 5.91 Å². The molecule has 1 saturated heterocycles. The maximum atomic E-state index is 13.1. The van der Waals surface area contributed by atoms with Gasteiger partial charge in [0, 0.05) is 47.6 Å². The van der Waals surface area contributed by atoms with Gasteiger partial charge in [-0.15, -0.1) is 0 Å². The number of benzene rings is 2. The number of urea groups is 1. The van der Waals surface area contributed by atoms with Gasteiger partial charge in [-0.2, -0.15) is 13.2 Å². The lowest BCUT2D eigenvalue weighted by Crippen LogP contribution is -2.40. The number of aromatic nitrogens is 1. The van der Waals surface area contributed by atoms with E-state index in [0.717, 1.165) is 6.07 Å². The second-order valence-corrected chi connectivity index (χ2v) is 9.50. The molecule has 1 aliphatic heterocycles. The van der Waals surface area contributed by atoms with E-state index in [9.17, 15) is 22.8 Å². The summed E-state index contributed by atoms with van der Waals surface area (Å²) in [6.45, 7) is 2.42. The molecule has 13 heteroatoms. The van der Waals surface area contributed by atoms with Crippen LogP contribution in [0.3, 0.4) is 0 Å². The fourth-order valence-corrected chi connectivity index (χ4v) is 4.50. The summed E-state index contributed by atoms with van der Waals surface area (Å²) in [6.07, 6.45) is -2.87. The highest BCUT2D eigenvalue weighted by molar-refractivity contribution is 9.10. The van der Waals surface area contributed by atoms with Gasteiger partial charge in [0.25, 0.3) is 0 Å². The van der Waals surface area contributed by atoms with Crippen molar-refractivity contribution in [2.24, 2.45) is 5.73 Å². The molecule has 1 atom stereocenters. The first kappa shape index (κ1) is 28.3. The van der Waals surface area contributed by atoms with Gasteiger partial charge in [-0.05, 0) is 48.5 Å². The van der Waals surface area contributed by atoms with Crippen molar-refractivity contribution in [1.82, 2.24) is 9.88 Å². The summed E-state index contributed by atoms with van der Waals surface area (Å²) >= 11 is 2.87. The zero-order valence-electron chi connectivity index (χ0n) is 20.5. The van der Waals surface area contributed by atoms with Crippen LogP contribution in [0.5, 0.6) is 11.5 Å². The first-order chi connectivity index (χ1) is 18.6. The average molecular weight is 608 g/mol. The molecule has 1 unspecified atom stereocenters. The topological polar surface area (TPSA) is 119 Å². The largest absolute Gasteiger partial charge is 0.457 e. The maximum absolute atomic E-state index is 13.1. The van der Waals surface area contributed by atoms with Gasteiger partial charge in [0.15, 0.2) is 0 Å². The minimum atomic E-state index is -4.57. The van der Waals surface area contributed by atoms with E-state index in [2.05, 4.69) is 36.4 Å². The maximum Gasteiger partial charge on any atom is 0.417 e. The average Bonchev–Trinajstić information content (AvgIpc) is 2.89. The van der Waals surface area contributed by atoms with Crippen molar-refractivity contribution < 1.29 is 32.2 Å². The van der Waals surface area contributed by atoms with Gasteiger partial charge in [-0.25, -0.2) is 4.79 Å². The standard InChI is InChI=1S/C26H25BrF3N5O4/c27-21-6-3-17(13-20(21)26(28,29)30)34-25(37)33-16-1-4-18(5-2-16)39-19-7-8-32-22(14-19)23(15-24(31)36)35-9-11-38-12-10-35/h1-8,13-14,23H,9-12,15H2,(H2,31,36)(H2,33,34,37). The number of nitrogens with one attached hydrogen (secondary N) is 2. The highest BCUT2D eigenvalue weighted by Gasteiger charge is 2.33. The van der Waals surface area contributed by atoms with Crippen molar-refractivity contribution in [3.05, 3.63) is 76.5 Å². The van der Waals surface area contributed by atoms with Crippen molar-refractivity contribution in [3.8, 4) is 11.5 Å². The predicted octanol–water partition coefficient (Wildman–Crippen LogP) is 5.55. The molecule has 3 aromatic rings. The first-order valence-corrected chi connectivity index (χ1v) is 12.7. The molecule has 2 aromatic carbocycles. The number of anilines is 2. The number of amides is 3. The van der Waals surface area contributed by atoms with Crippen LogP contribution in [-0.2, 0) is 15.7 Å². The lowest BCUT2D eigenvalue weighted by molar-refractivity contribution is -0.138. The van der Waals surface area contributed by atoms with Gasteiger partial charge in [-0.3, -0.25) is 14.7 Å². The normalized spacial score (nSPS) is 14.9. The molecule has 1 fully saturated rings. The summed E-state index contributed by atoms with van der Waals surface area (Å²) in [5.74, 6) is 0.531. The molecule has 1 aliphatic rings. The third-order valence-electron chi connectivity index (χ3n) is 5.85. The summed E-state index contributed by atoms with van der Waals surface area (Å²) in [5.41, 5.74) is 5.62. The molecular weight excluding hydrogens is 583 g/mol. The van der Waals surface area contributed by atoms with Crippen molar-refractivity contribution in [2.75, 3.05) is 36.9 Å². The summed E-state index contributed by atoms with van der Waals surface area (Å²) in [6, 6.07) is 12.2. The Balaban J connectivity index is 1.39. The summed E-state index contributed by atoms with van der Waals surface area (Å²) in [7, 11) is 0. The van der Waals surface area contributed by atoms with Gasteiger partial charge in [-0.1, -0.05) is 15.9 Å². The van der Waals surface area contributed by atoms with Crippen LogP contribution in [-0.4, -0.2) is 48.1 Å². The predicted molar refractivity (Wildman–Crippen MR) is 141 cm³/mol. The van der Waals surface area contributed by atoms with Crippen molar-refractivity contribution in [3.63, 3.8) is 0 Å². The lowest BCUT2D eigenvalue weighted by Gasteiger charge is -2.33. The molecule has 4 N–H and O–H groups in total. The van der Waals surface area contributed by atoms with Crippen LogP contribution in [0.15, 0.2) is 65.3 Å². The van der Waals surface area contributed by atoms with E-state index in [1.54, 1.807) is 42.6 Å². The van der Waals surface area contributed by atoms with Crippen LogP contribution in [0.1, 0.15) is 23.7 Å². The fraction of sp³-hybridized carbons (Fsp3) is 0.269. The highest BCUT2D eigenvalue weighted by atomic mass is 79.9. The molecule has 0 aliphatic carbocycles. The van der Waals surface area contributed by atoms with E-state index in [1.807, 2.05) is 0 Å². The number of hydrogen-bond donors (Lipinski definition) is 3. The first-order valence-electron chi connectivity index (χ1n) is 11.9. The van der Waals surface area contributed by atoms with Gasteiger partial charge in [0.05, 0.1) is 30.5 Å². The van der Waals surface area contributed by atoms with Gasteiger partial charge in [0.1, 0.15) is 11.5 Å². The molecule has 206 valence electrons. The Morgan fingerprint density at radius 3 is 2.36 bits per heavy atom. The number of nitrogens with two attached hydrogens (primary N) is 1. The monoisotopic (exact) mass is 607 g/mol. The number of carbonyl (C=O) groups excluding carboxylic acids is 2. The Bertz CT molecular complexity index is 1320. The third-order valence-corrected chi connectivity index (χ3v) is 6.54. The number of nitrogens with zero attached hydrogens (tertiary/aromatic N) is 2. The van der Waals surface area contributed by atoms with Crippen molar-refractivity contribution >= 4 is 39.2 Å². The van der Waals surface area contributed by atoms with Gasteiger partial charge >= 0.3 is 12.2 Å². The summed E-state index contributed by atoms with van der Waals surface area (Å²) in [4.78, 5) is 30.5. The van der Waals surface area contributed by atoms with E-state index in [1.165, 1.54) is 12.1 Å². The Morgan fingerprint density at radius 1 is 1.03 bits per heavy atom. The van der Waals surface area contributed by atoms with E-state index < -0.39 is 23.7 Å². The number of primary amides is 1. The quantitative estimate of drug-likeness (QED) is 0.309. The van der Waals surface area contributed by atoms with Gasteiger partial charge < -0.3 is 25.8 Å². The van der Waals surface area contributed by atoms with E-state index in [0.29, 0.717) is 49.2 Å². The van der Waals surface area contributed by atoms with Crippen molar-refractivity contribution in [1.29, 1.82) is 0 Å². The zero-order valence-corrected chi connectivity index (χ0v) is 22.1. The zero-order chi connectivity index (χ0) is 28.0. The van der Waals surface area contributed by atoms with Crippen LogP contribution in [0.25, 0.3) is 0 Å². The number of hydrogen-bond acceptors (Lipinski definition) is 6. The Morgan fingerprint density at radius 2 is 1.69 bits per heavy atom. The minimum Gasteiger partial charge on any atom is -0.457 e. The van der Waals surface area contributed by atoms with E-state index >= 15 is 0 Å². The second-order valence-electron chi connectivity index (χ2n) is 8.65. The molecule has 0 radical (unpaired) electrons. The molecule has 0 saturated carbocycles. The van der Waals surface area contributed by atoms with Crippen LogP contribution in [0, 0.1) is 0 Å². The fourth-order valence-electron chi connectivity index (χ4n) is 4.03. The lowest BCUT2D eigenvalue weighted by atomic mass is 10.1. The molecule has 0 spiro atoms. The number of alkyl halides is 3. The molecule has 3 amide bonds. The minimum absolute atomic E-state index is 0.0109. The van der Waals surface area contributed by atoms with E-state index in [4.69, 9.17) is 15.2 Å². The van der Waals surface area contributed by atoms with Crippen LogP contribution < -0.4 is 21.1 Å². The Hall–Kier alpha value is -3.68. The number of carbonyl (C=O) groups is 2. The van der Waals surface area contributed by atoms with Crippen LogP contribution >= 0.6 is 15.9 Å². The van der Waals surface area contributed by atoms with Crippen molar-refractivity contribution in [2.45, 2.75) is 18.6 Å². The number of pyridine rings is 1. The third kappa shape index (κ3) is 7.91. The molecular formula is C26H25BrF3N5O4. The molecule has 2 heterocycles. The molecule has 39 heavy (non-hydrogen) atoms. The Kier molecular flexibility index (Phi) is 9.04. The molecule has 9 nitrogen and oxygen atoms in total. The Labute approximate surface area is 230 Å². The second kappa shape index (κ2) is 12.5. The number of morpholine rings is 1. The molecule has 0 bridgehead atoms. The molecule has 4 rings (SSSR count). The SMILES string of the molecule is NC(=O)CC(c1cc(Oc2ccc(NC(=O)Nc3ccc(Br)c(C(F)(F)F)c3)cc2)ccn1)N1CCOCC1. The number of ether oxygens (including phenoxy) is 2. The number of rotatable bonds is 8. The number of halogens is 4. The van der Waals surface area contributed by atoms with Crippen LogP contribution in [0.2, 0.25) is 0 Å². The van der Waals surface area contributed by atoms with Crippen LogP contribution in [0.4, 0.5) is 29.3 Å². The van der Waals surface area contributed by atoms with E-state index in [-0.39, 0.29) is 22.6 Å². The summed E-state index contributed by atoms with van der Waals surface area (Å²) in [5, 5.41) is 4.95. The highest BCUT2D eigenvalue weighted by Crippen LogP contribution is 2.36. The summed E-state index contributed by atoms with van der Waals surface area (Å²) < 4.78 is 50.5.